The molecular weight excluding hydrogens is 457 g/mol. The van der Waals surface area contributed by atoms with Crippen molar-refractivity contribution in [1.29, 1.82) is 0 Å². The zero-order chi connectivity index (χ0) is 21.8. The average Bonchev–Trinajstić information content (AvgIpc) is 3.17. The molecule has 0 bridgehead atoms. The molecule has 2 heterocycles. The fourth-order valence-corrected chi connectivity index (χ4v) is 2.91. The molecule has 2 aromatic heterocycles. The van der Waals surface area contributed by atoms with Crippen LogP contribution in [0, 0.1) is 5.82 Å². The molecule has 2 N–H and O–H groups in total. The van der Waals surface area contributed by atoms with Gasteiger partial charge in [-0.05, 0) is 40.5 Å². The Morgan fingerprint density at radius 2 is 2.13 bits per heavy atom. The summed E-state index contributed by atoms with van der Waals surface area (Å²) in [7, 11) is 1.60. The third-order valence-electron chi connectivity index (χ3n) is 4.18. The van der Waals surface area contributed by atoms with Gasteiger partial charge < -0.3 is 19.9 Å². The summed E-state index contributed by atoms with van der Waals surface area (Å²) in [6.45, 7) is 5.95. The van der Waals surface area contributed by atoms with E-state index < -0.39 is 5.82 Å². The van der Waals surface area contributed by atoms with Crippen LogP contribution in [0.2, 0.25) is 0 Å². The minimum Gasteiger partial charge on any atom is -0.436 e. The van der Waals surface area contributed by atoms with Crippen molar-refractivity contribution < 1.29 is 18.4 Å². The molecule has 0 aliphatic heterocycles. The maximum atomic E-state index is 13.9. The molecule has 0 radical (unpaired) electrons. The summed E-state index contributed by atoms with van der Waals surface area (Å²) >= 11 is 3.18. The molecule has 1 amide bonds. The third kappa shape index (κ3) is 4.82. The highest BCUT2D eigenvalue weighted by molar-refractivity contribution is 9.10. The largest absolute Gasteiger partial charge is 0.436 e. The number of halogens is 2. The fraction of sp³-hybridized carbons (Fsp3) is 0.200. The number of hydrogen-bond donors (Lipinski definition) is 1. The Balaban J connectivity index is 1.85. The molecule has 0 saturated heterocycles. The monoisotopic (exact) mass is 475 g/mol. The molecule has 0 spiro atoms. The van der Waals surface area contributed by atoms with Crippen molar-refractivity contribution in [2.24, 2.45) is 0 Å². The second-order valence-electron chi connectivity index (χ2n) is 6.40. The zero-order valence-electron chi connectivity index (χ0n) is 16.4. The standard InChI is InChI=1S/C20H19BrFN5O3/c1-4-13-8-14(30-26-13)10-27(3)20(28)15-6-5-12(22)7-16(15)11(2)29-19-18(23)24-9-17(21)25-19/h5-9H,2,4,10H2,1,3H3,(H2,23,24). The van der Waals surface area contributed by atoms with Crippen LogP contribution in [0.1, 0.15) is 34.3 Å². The quantitative estimate of drug-likeness (QED) is 0.517. The van der Waals surface area contributed by atoms with Gasteiger partial charge in [0.1, 0.15) is 16.2 Å². The number of hydrogen-bond acceptors (Lipinski definition) is 7. The van der Waals surface area contributed by atoms with Crippen LogP contribution in [0.5, 0.6) is 5.88 Å². The number of nitrogens with zero attached hydrogens (tertiary/aromatic N) is 4. The van der Waals surface area contributed by atoms with Gasteiger partial charge >= 0.3 is 0 Å². The first kappa shape index (κ1) is 21.4. The van der Waals surface area contributed by atoms with E-state index in [0.29, 0.717) is 10.4 Å². The maximum Gasteiger partial charge on any atom is 0.263 e. The molecule has 0 aliphatic rings. The van der Waals surface area contributed by atoms with Gasteiger partial charge in [0.2, 0.25) is 0 Å². The number of ether oxygens (including phenoxy) is 1. The average molecular weight is 476 g/mol. The van der Waals surface area contributed by atoms with Crippen LogP contribution in [-0.2, 0) is 13.0 Å². The smallest absolute Gasteiger partial charge is 0.263 e. The summed E-state index contributed by atoms with van der Waals surface area (Å²) in [5.41, 5.74) is 6.92. The highest BCUT2D eigenvalue weighted by Gasteiger charge is 2.21. The molecule has 0 aliphatic carbocycles. The lowest BCUT2D eigenvalue weighted by Crippen LogP contribution is -2.27. The lowest BCUT2D eigenvalue weighted by atomic mass is 10.0. The van der Waals surface area contributed by atoms with Crippen molar-refractivity contribution >= 4 is 33.4 Å². The van der Waals surface area contributed by atoms with E-state index >= 15 is 0 Å². The first-order valence-electron chi connectivity index (χ1n) is 8.93. The van der Waals surface area contributed by atoms with Crippen molar-refractivity contribution in [1.82, 2.24) is 20.0 Å². The molecular formula is C20H19BrFN5O3. The molecule has 0 unspecified atom stereocenters. The van der Waals surface area contributed by atoms with Crippen molar-refractivity contribution in [2.75, 3.05) is 12.8 Å². The van der Waals surface area contributed by atoms with E-state index in [9.17, 15) is 9.18 Å². The topological polar surface area (TPSA) is 107 Å². The van der Waals surface area contributed by atoms with E-state index in [2.05, 4.69) is 37.6 Å². The number of anilines is 1. The number of nitrogens with two attached hydrogens (primary N) is 1. The highest BCUT2D eigenvalue weighted by Crippen LogP contribution is 2.27. The molecule has 1 aromatic carbocycles. The van der Waals surface area contributed by atoms with Crippen molar-refractivity contribution in [3.63, 3.8) is 0 Å². The molecule has 8 nitrogen and oxygen atoms in total. The van der Waals surface area contributed by atoms with Crippen molar-refractivity contribution in [3.8, 4) is 5.88 Å². The number of nitrogen functional groups attached to an aromatic ring is 1. The first-order valence-corrected chi connectivity index (χ1v) is 9.72. The van der Waals surface area contributed by atoms with E-state index in [1.807, 2.05) is 6.92 Å². The summed E-state index contributed by atoms with van der Waals surface area (Å²) in [4.78, 5) is 22.4. The SMILES string of the molecule is C=C(Oc1nc(Br)cnc1N)c1cc(F)ccc1C(=O)N(C)Cc1cc(CC)no1. The lowest BCUT2D eigenvalue weighted by Gasteiger charge is -2.19. The van der Waals surface area contributed by atoms with Crippen LogP contribution < -0.4 is 10.5 Å². The van der Waals surface area contributed by atoms with Gasteiger partial charge in [0.05, 0.1) is 24.0 Å². The van der Waals surface area contributed by atoms with E-state index in [1.165, 1.54) is 23.2 Å². The van der Waals surface area contributed by atoms with Crippen molar-refractivity contribution in [3.05, 3.63) is 70.0 Å². The van der Waals surface area contributed by atoms with Crippen LogP contribution in [-0.4, -0.2) is 33.0 Å². The van der Waals surface area contributed by atoms with E-state index in [1.54, 1.807) is 13.1 Å². The van der Waals surface area contributed by atoms with Crippen LogP contribution in [0.15, 0.2) is 46.2 Å². The fourth-order valence-electron chi connectivity index (χ4n) is 2.65. The second kappa shape index (κ2) is 9.04. The van der Waals surface area contributed by atoms with Crippen LogP contribution in [0.3, 0.4) is 0 Å². The van der Waals surface area contributed by atoms with Crippen LogP contribution >= 0.6 is 15.9 Å². The highest BCUT2D eigenvalue weighted by atomic mass is 79.9. The Morgan fingerprint density at radius 3 is 2.83 bits per heavy atom. The van der Waals surface area contributed by atoms with Crippen LogP contribution in [0.25, 0.3) is 5.76 Å². The van der Waals surface area contributed by atoms with Gasteiger partial charge in [-0.1, -0.05) is 18.7 Å². The van der Waals surface area contributed by atoms with Gasteiger partial charge in [-0.15, -0.1) is 0 Å². The van der Waals surface area contributed by atoms with Gasteiger partial charge in [0.15, 0.2) is 11.6 Å². The second-order valence-corrected chi connectivity index (χ2v) is 7.21. The minimum absolute atomic E-state index is 0.00159. The Kier molecular flexibility index (Phi) is 6.46. The lowest BCUT2D eigenvalue weighted by molar-refractivity contribution is 0.0771. The van der Waals surface area contributed by atoms with E-state index in [4.69, 9.17) is 15.0 Å². The number of carbonyl (C=O) groups is 1. The predicted octanol–water partition coefficient (Wildman–Crippen LogP) is 3.83. The predicted molar refractivity (Wildman–Crippen MR) is 112 cm³/mol. The Bertz CT molecular complexity index is 1100. The Morgan fingerprint density at radius 1 is 1.37 bits per heavy atom. The van der Waals surface area contributed by atoms with E-state index in [0.717, 1.165) is 18.2 Å². The first-order chi connectivity index (χ1) is 14.3. The number of benzene rings is 1. The number of aromatic nitrogens is 3. The van der Waals surface area contributed by atoms with Gasteiger partial charge in [-0.25, -0.2) is 14.4 Å². The van der Waals surface area contributed by atoms with Gasteiger partial charge in [0.25, 0.3) is 11.8 Å². The normalized spacial score (nSPS) is 10.7. The number of amides is 1. The molecule has 30 heavy (non-hydrogen) atoms. The van der Waals surface area contributed by atoms with Gasteiger partial charge in [-0.3, -0.25) is 4.79 Å². The van der Waals surface area contributed by atoms with Crippen LogP contribution in [0.4, 0.5) is 10.2 Å². The molecule has 156 valence electrons. The maximum absolute atomic E-state index is 13.9. The van der Waals surface area contributed by atoms with E-state index in [-0.39, 0.29) is 41.0 Å². The molecule has 10 heteroatoms. The molecule has 3 rings (SSSR count). The zero-order valence-corrected chi connectivity index (χ0v) is 17.9. The van der Waals surface area contributed by atoms with Crippen molar-refractivity contribution in [2.45, 2.75) is 19.9 Å². The summed E-state index contributed by atoms with van der Waals surface area (Å²) in [5.74, 6) is -0.378. The van der Waals surface area contributed by atoms with Gasteiger partial charge in [0, 0.05) is 18.7 Å². The Hall–Kier alpha value is -3.27. The molecule has 0 fully saturated rings. The summed E-state index contributed by atoms with van der Waals surface area (Å²) in [5, 5.41) is 3.91. The van der Waals surface area contributed by atoms with Gasteiger partial charge in [-0.2, -0.15) is 0 Å². The third-order valence-corrected chi connectivity index (χ3v) is 4.56. The summed E-state index contributed by atoms with van der Waals surface area (Å²) in [6.07, 6.45) is 2.13. The molecule has 3 aromatic rings. The summed E-state index contributed by atoms with van der Waals surface area (Å²) < 4.78 is 25.2. The Labute approximate surface area is 180 Å². The number of carbonyl (C=O) groups excluding carboxylic acids is 1. The number of rotatable bonds is 7. The molecule has 0 saturated carbocycles. The molecule has 0 atom stereocenters. The minimum atomic E-state index is -0.551. The summed E-state index contributed by atoms with van der Waals surface area (Å²) in [6, 6.07) is 5.50. The number of aryl methyl sites for hydroxylation is 1.